The van der Waals surface area contributed by atoms with E-state index in [0.717, 1.165) is 33.5 Å². The zero-order valence-corrected chi connectivity index (χ0v) is 13.5. The molecule has 0 radical (unpaired) electrons. The smallest absolute Gasteiger partial charge is 0.132 e. The average Bonchev–Trinajstić information content (AvgIpc) is 2.78. The summed E-state index contributed by atoms with van der Waals surface area (Å²) in [6, 6.07) is 5.26. The van der Waals surface area contributed by atoms with Gasteiger partial charge in [-0.25, -0.2) is 4.39 Å². The first-order chi connectivity index (χ1) is 9.40. The van der Waals surface area contributed by atoms with Crippen molar-refractivity contribution in [3.05, 3.63) is 34.5 Å². The number of rotatable bonds is 5. The third-order valence-corrected chi connectivity index (χ3v) is 5.55. The summed E-state index contributed by atoms with van der Waals surface area (Å²) in [6.45, 7) is 7.79. The third-order valence-electron chi connectivity index (χ3n) is 4.33. The van der Waals surface area contributed by atoms with E-state index in [4.69, 9.17) is 5.73 Å². The van der Waals surface area contributed by atoms with Crippen LogP contribution in [0, 0.1) is 5.82 Å². The van der Waals surface area contributed by atoms with Crippen molar-refractivity contribution >= 4 is 21.4 Å². The molecule has 0 bridgehead atoms. The Balaban J connectivity index is 2.48. The molecule has 1 aromatic carbocycles. The van der Waals surface area contributed by atoms with Crippen molar-refractivity contribution in [2.24, 2.45) is 5.73 Å². The van der Waals surface area contributed by atoms with Crippen LogP contribution in [-0.4, -0.2) is 17.5 Å². The van der Waals surface area contributed by atoms with Crippen LogP contribution in [0.4, 0.5) is 4.39 Å². The Morgan fingerprint density at radius 2 is 2.05 bits per heavy atom. The molecule has 2 aromatic rings. The maximum atomic E-state index is 14.2. The minimum absolute atomic E-state index is 0.0887. The van der Waals surface area contributed by atoms with Crippen LogP contribution in [0.3, 0.4) is 0 Å². The first-order valence-corrected chi connectivity index (χ1v) is 7.82. The Morgan fingerprint density at radius 3 is 2.65 bits per heavy atom. The molecule has 110 valence electrons. The summed E-state index contributed by atoms with van der Waals surface area (Å²) in [5.41, 5.74) is 6.99. The predicted octanol–water partition coefficient (Wildman–Crippen LogP) is 4.12. The van der Waals surface area contributed by atoms with Crippen LogP contribution < -0.4 is 5.73 Å². The van der Waals surface area contributed by atoms with Gasteiger partial charge in [0.05, 0.1) is 0 Å². The average molecular weight is 294 g/mol. The van der Waals surface area contributed by atoms with Gasteiger partial charge in [0.2, 0.25) is 0 Å². The van der Waals surface area contributed by atoms with Crippen molar-refractivity contribution in [1.82, 2.24) is 4.90 Å². The number of halogens is 1. The van der Waals surface area contributed by atoms with Gasteiger partial charge >= 0.3 is 0 Å². The molecule has 1 heterocycles. The van der Waals surface area contributed by atoms with Crippen molar-refractivity contribution in [3.63, 3.8) is 0 Å². The van der Waals surface area contributed by atoms with E-state index in [1.807, 2.05) is 6.07 Å². The minimum Gasteiger partial charge on any atom is -0.326 e. The van der Waals surface area contributed by atoms with E-state index in [0.29, 0.717) is 6.54 Å². The Labute approximate surface area is 124 Å². The number of hydrogen-bond acceptors (Lipinski definition) is 3. The van der Waals surface area contributed by atoms with Crippen molar-refractivity contribution in [2.75, 3.05) is 7.05 Å². The highest BCUT2D eigenvalue weighted by atomic mass is 32.1. The lowest BCUT2D eigenvalue weighted by Crippen LogP contribution is -2.40. The zero-order chi connectivity index (χ0) is 14.9. The van der Waals surface area contributed by atoms with Crippen LogP contribution in [0.25, 0.3) is 10.1 Å². The topological polar surface area (TPSA) is 29.3 Å². The largest absolute Gasteiger partial charge is 0.326 e. The van der Waals surface area contributed by atoms with E-state index in [1.165, 1.54) is 6.07 Å². The van der Waals surface area contributed by atoms with Gasteiger partial charge in [-0.1, -0.05) is 13.0 Å². The first-order valence-electron chi connectivity index (χ1n) is 7.00. The molecule has 0 spiro atoms. The molecule has 20 heavy (non-hydrogen) atoms. The molecular weight excluding hydrogens is 271 g/mol. The van der Waals surface area contributed by atoms with E-state index in [2.05, 4.69) is 32.7 Å². The molecular formula is C16H23FN2S. The van der Waals surface area contributed by atoms with Crippen LogP contribution in [0.5, 0.6) is 0 Å². The molecule has 2 nitrogen and oxygen atoms in total. The van der Waals surface area contributed by atoms with Gasteiger partial charge in [-0.3, -0.25) is 4.90 Å². The minimum atomic E-state index is -0.142. The number of fused-ring (bicyclic) bond motifs is 1. The number of nitrogens with zero attached hydrogens (tertiary/aromatic N) is 1. The standard InChI is InChI=1S/C16H23FN2S/c1-5-16(2,3)19(4)10-11-14(9-18)20-13-8-6-7-12(17)15(11)13/h6-8H,5,9-10,18H2,1-4H3. The van der Waals surface area contributed by atoms with Crippen molar-refractivity contribution in [1.29, 1.82) is 0 Å². The Morgan fingerprint density at radius 1 is 1.35 bits per heavy atom. The summed E-state index contributed by atoms with van der Waals surface area (Å²) < 4.78 is 15.2. The fraction of sp³-hybridized carbons (Fsp3) is 0.500. The Bertz CT molecular complexity index is 604. The van der Waals surface area contributed by atoms with Crippen LogP contribution >= 0.6 is 11.3 Å². The van der Waals surface area contributed by atoms with Gasteiger partial charge in [0, 0.05) is 33.6 Å². The summed E-state index contributed by atoms with van der Waals surface area (Å²) in [6.07, 6.45) is 1.05. The quantitative estimate of drug-likeness (QED) is 0.899. The van der Waals surface area contributed by atoms with Gasteiger partial charge in [-0.2, -0.15) is 0 Å². The Hall–Kier alpha value is -0.970. The molecule has 0 aliphatic heterocycles. The van der Waals surface area contributed by atoms with Gasteiger partial charge in [-0.15, -0.1) is 11.3 Å². The number of hydrogen-bond donors (Lipinski definition) is 1. The second-order valence-corrected chi connectivity index (χ2v) is 6.98. The van der Waals surface area contributed by atoms with Gasteiger partial charge in [0.15, 0.2) is 0 Å². The van der Waals surface area contributed by atoms with E-state index >= 15 is 0 Å². The summed E-state index contributed by atoms with van der Waals surface area (Å²) in [4.78, 5) is 3.36. The highest BCUT2D eigenvalue weighted by molar-refractivity contribution is 7.19. The molecule has 2 N–H and O–H groups in total. The number of benzene rings is 1. The predicted molar refractivity (Wildman–Crippen MR) is 85.5 cm³/mol. The summed E-state index contributed by atoms with van der Waals surface area (Å²) in [5, 5.41) is 0.747. The van der Waals surface area contributed by atoms with Crippen LogP contribution in [0.15, 0.2) is 18.2 Å². The fourth-order valence-corrected chi connectivity index (χ4v) is 3.38. The number of thiophene rings is 1. The van der Waals surface area contributed by atoms with Crippen LogP contribution in [0.1, 0.15) is 37.6 Å². The molecule has 0 aliphatic carbocycles. The van der Waals surface area contributed by atoms with Gasteiger partial charge in [-0.05, 0) is 45.0 Å². The second-order valence-electron chi connectivity index (χ2n) is 5.84. The molecule has 1 aromatic heterocycles. The fourth-order valence-electron chi connectivity index (χ4n) is 2.27. The molecule has 0 saturated carbocycles. The molecule has 4 heteroatoms. The van der Waals surface area contributed by atoms with E-state index < -0.39 is 0 Å². The summed E-state index contributed by atoms with van der Waals surface area (Å²) >= 11 is 1.61. The SMILES string of the molecule is CCC(C)(C)N(C)Cc1c(CN)sc2cccc(F)c12. The molecule has 0 unspecified atom stereocenters. The molecule has 0 amide bonds. The maximum absolute atomic E-state index is 14.2. The molecule has 0 aliphatic rings. The normalized spacial score (nSPS) is 12.6. The summed E-state index contributed by atoms with van der Waals surface area (Å²) in [7, 11) is 2.09. The van der Waals surface area contributed by atoms with E-state index in [-0.39, 0.29) is 11.4 Å². The van der Waals surface area contributed by atoms with Crippen molar-refractivity contribution in [2.45, 2.75) is 45.8 Å². The molecule has 0 saturated heterocycles. The lowest BCUT2D eigenvalue weighted by atomic mass is 9.98. The second kappa shape index (κ2) is 5.80. The van der Waals surface area contributed by atoms with Crippen LogP contribution in [-0.2, 0) is 13.1 Å². The van der Waals surface area contributed by atoms with Crippen LogP contribution in [0.2, 0.25) is 0 Å². The highest BCUT2D eigenvalue weighted by Crippen LogP contribution is 2.34. The molecule has 2 rings (SSSR count). The zero-order valence-electron chi connectivity index (χ0n) is 12.7. The molecule has 0 atom stereocenters. The van der Waals surface area contributed by atoms with Gasteiger partial charge < -0.3 is 5.73 Å². The molecule has 0 fully saturated rings. The first kappa shape index (κ1) is 15.4. The maximum Gasteiger partial charge on any atom is 0.132 e. The monoisotopic (exact) mass is 294 g/mol. The number of nitrogens with two attached hydrogens (primary N) is 1. The lowest BCUT2D eigenvalue weighted by Gasteiger charge is -2.35. The summed E-state index contributed by atoms with van der Waals surface area (Å²) in [5.74, 6) is -0.142. The highest BCUT2D eigenvalue weighted by Gasteiger charge is 2.24. The van der Waals surface area contributed by atoms with E-state index in [1.54, 1.807) is 17.4 Å². The Kier molecular flexibility index (Phi) is 4.47. The third kappa shape index (κ3) is 2.73. The van der Waals surface area contributed by atoms with E-state index in [9.17, 15) is 4.39 Å². The van der Waals surface area contributed by atoms with Crippen molar-refractivity contribution < 1.29 is 4.39 Å². The van der Waals surface area contributed by atoms with Gasteiger partial charge in [0.25, 0.3) is 0 Å². The van der Waals surface area contributed by atoms with Crippen molar-refractivity contribution in [3.8, 4) is 0 Å². The lowest BCUT2D eigenvalue weighted by molar-refractivity contribution is 0.143. The van der Waals surface area contributed by atoms with Gasteiger partial charge in [0.1, 0.15) is 5.82 Å².